The van der Waals surface area contributed by atoms with Crippen molar-refractivity contribution in [3.8, 4) is 0 Å². The standard InChI is InChI=1S/C12H21IOSi/c1-15(2)10-6-8-12(11-14-15)7-4-3-5-9-13/h5-6,9-10,12H,3-4,7-8,11H2,1-2H3/b9-5-. The Kier molecular flexibility index (Phi) is 6.15. The summed E-state index contributed by atoms with van der Waals surface area (Å²) in [5.41, 5.74) is 2.33. The van der Waals surface area contributed by atoms with E-state index < -0.39 is 8.32 Å². The van der Waals surface area contributed by atoms with Crippen LogP contribution in [0, 0.1) is 5.92 Å². The van der Waals surface area contributed by atoms with E-state index >= 15 is 0 Å². The quantitative estimate of drug-likeness (QED) is 0.419. The highest BCUT2D eigenvalue weighted by Crippen LogP contribution is 2.21. The molecule has 0 aliphatic carbocycles. The Bertz CT molecular complexity index is 236. The second-order valence-corrected chi connectivity index (χ2v) is 9.26. The van der Waals surface area contributed by atoms with Crippen LogP contribution in [0.25, 0.3) is 0 Å². The second-order valence-electron chi connectivity index (χ2n) is 4.71. The third-order valence-electron chi connectivity index (χ3n) is 2.75. The maximum atomic E-state index is 5.99. The lowest BCUT2D eigenvalue weighted by Gasteiger charge is -2.19. The first-order chi connectivity index (χ1) is 7.14. The molecule has 0 spiro atoms. The summed E-state index contributed by atoms with van der Waals surface area (Å²) in [5.74, 6) is 0.748. The van der Waals surface area contributed by atoms with Gasteiger partial charge in [-0.3, -0.25) is 0 Å². The number of halogens is 1. The Hall–Kier alpha value is 0.387. The van der Waals surface area contributed by atoms with Gasteiger partial charge in [0, 0.05) is 6.61 Å². The van der Waals surface area contributed by atoms with Gasteiger partial charge in [0.2, 0.25) is 8.32 Å². The highest BCUT2D eigenvalue weighted by molar-refractivity contribution is 14.1. The molecule has 1 rings (SSSR count). The van der Waals surface area contributed by atoms with Gasteiger partial charge in [-0.25, -0.2) is 0 Å². The number of hydrogen-bond acceptors (Lipinski definition) is 1. The normalized spacial score (nSPS) is 25.7. The first kappa shape index (κ1) is 13.5. The van der Waals surface area contributed by atoms with E-state index in [9.17, 15) is 0 Å². The maximum absolute atomic E-state index is 5.99. The molecule has 1 unspecified atom stereocenters. The fraction of sp³-hybridized carbons (Fsp3) is 0.667. The van der Waals surface area contributed by atoms with Gasteiger partial charge in [-0.2, -0.15) is 0 Å². The van der Waals surface area contributed by atoms with Crippen molar-refractivity contribution in [3.05, 3.63) is 21.9 Å². The van der Waals surface area contributed by atoms with E-state index in [4.69, 9.17) is 4.43 Å². The van der Waals surface area contributed by atoms with Gasteiger partial charge in [0.25, 0.3) is 0 Å². The maximum Gasteiger partial charge on any atom is 0.210 e. The van der Waals surface area contributed by atoms with E-state index in [0.717, 1.165) is 12.5 Å². The summed E-state index contributed by atoms with van der Waals surface area (Å²) in [6.07, 6.45) is 9.61. The highest BCUT2D eigenvalue weighted by atomic mass is 127. The summed E-state index contributed by atoms with van der Waals surface area (Å²) in [7, 11) is -1.43. The molecule has 15 heavy (non-hydrogen) atoms. The lowest BCUT2D eigenvalue weighted by atomic mass is 9.99. The van der Waals surface area contributed by atoms with Gasteiger partial charge in [0.1, 0.15) is 0 Å². The molecule has 0 aromatic rings. The second kappa shape index (κ2) is 6.86. The van der Waals surface area contributed by atoms with Crippen LogP contribution in [0.1, 0.15) is 25.7 Å². The molecule has 1 aliphatic rings. The lowest BCUT2D eigenvalue weighted by molar-refractivity contribution is 0.240. The third-order valence-corrected chi connectivity index (χ3v) is 5.21. The molecule has 0 bridgehead atoms. The van der Waals surface area contributed by atoms with Crippen LogP contribution >= 0.6 is 22.6 Å². The molecule has 1 heterocycles. The SMILES string of the molecule is C[Si]1(C)C=CCC(CCC/C=C\I)CO1. The highest BCUT2D eigenvalue weighted by Gasteiger charge is 2.22. The third kappa shape index (κ3) is 5.87. The molecule has 0 amide bonds. The molecular weight excluding hydrogens is 315 g/mol. The van der Waals surface area contributed by atoms with Gasteiger partial charge in [0.05, 0.1) is 0 Å². The van der Waals surface area contributed by atoms with Gasteiger partial charge in [-0.15, -0.1) is 0 Å². The average Bonchev–Trinajstić information content (AvgIpc) is 2.35. The first-order valence-electron chi connectivity index (χ1n) is 5.71. The zero-order chi connectivity index (χ0) is 11.1. The van der Waals surface area contributed by atoms with Crippen LogP contribution in [0.3, 0.4) is 0 Å². The Balaban J connectivity index is 2.24. The monoisotopic (exact) mass is 336 g/mol. The summed E-state index contributed by atoms with van der Waals surface area (Å²) < 4.78 is 8.10. The number of unbranched alkanes of at least 4 members (excludes halogenated alkanes) is 1. The summed E-state index contributed by atoms with van der Waals surface area (Å²) in [5, 5.41) is 0. The van der Waals surface area contributed by atoms with Crippen molar-refractivity contribution in [2.24, 2.45) is 5.92 Å². The van der Waals surface area contributed by atoms with Crippen LogP contribution in [0.2, 0.25) is 13.1 Å². The molecule has 1 aliphatic heterocycles. The number of hydrogen-bond donors (Lipinski definition) is 0. The van der Waals surface area contributed by atoms with E-state index in [2.05, 4.69) is 57.6 Å². The molecule has 1 atom stereocenters. The largest absolute Gasteiger partial charge is 0.413 e. The fourth-order valence-corrected chi connectivity index (χ4v) is 3.61. The first-order valence-corrected chi connectivity index (χ1v) is 9.94. The zero-order valence-electron chi connectivity index (χ0n) is 9.71. The van der Waals surface area contributed by atoms with Gasteiger partial charge in [-0.1, -0.05) is 40.4 Å². The van der Waals surface area contributed by atoms with Gasteiger partial charge >= 0.3 is 0 Å². The summed E-state index contributed by atoms with van der Waals surface area (Å²) in [6, 6.07) is 0. The van der Waals surface area contributed by atoms with Crippen molar-refractivity contribution in [3.63, 3.8) is 0 Å². The smallest absolute Gasteiger partial charge is 0.210 e. The van der Waals surface area contributed by atoms with Crippen molar-refractivity contribution in [1.82, 2.24) is 0 Å². The van der Waals surface area contributed by atoms with Crippen LogP contribution in [0.15, 0.2) is 21.9 Å². The molecular formula is C12H21IOSi. The molecule has 3 heteroatoms. The van der Waals surface area contributed by atoms with Crippen LogP contribution < -0.4 is 0 Å². The van der Waals surface area contributed by atoms with E-state index in [1.807, 2.05) is 0 Å². The zero-order valence-corrected chi connectivity index (χ0v) is 12.9. The molecule has 0 aromatic heterocycles. The average molecular weight is 336 g/mol. The predicted octanol–water partition coefficient (Wildman–Crippen LogP) is 4.44. The van der Waals surface area contributed by atoms with Crippen molar-refractivity contribution in [1.29, 1.82) is 0 Å². The Morgan fingerprint density at radius 1 is 1.53 bits per heavy atom. The molecule has 1 nitrogen and oxygen atoms in total. The minimum absolute atomic E-state index is 0.748. The fourth-order valence-electron chi connectivity index (χ4n) is 1.78. The van der Waals surface area contributed by atoms with Gasteiger partial charge in [-0.05, 0) is 48.8 Å². The molecule has 86 valence electrons. The van der Waals surface area contributed by atoms with Crippen LogP contribution in [0.5, 0.6) is 0 Å². The van der Waals surface area contributed by atoms with E-state index in [1.54, 1.807) is 0 Å². The van der Waals surface area contributed by atoms with E-state index in [0.29, 0.717) is 0 Å². The van der Waals surface area contributed by atoms with E-state index in [-0.39, 0.29) is 0 Å². The van der Waals surface area contributed by atoms with Crippen LogP contribution in [-0.4, -0.2) is 14.9 Å². The van der Waals surface area contributed by atoms with Crippen molar-refractivity contribution < 1.29 is 4.43 Å². The molecule has 0 fully saturated rings. The minimum Gasteiger partial charge on any atom is -0.413 e. The Morgan fingerprint density at radius 3 is 3.07 bits per heavy atom. The van der Waals surface area contributed by atoms with Gasteiger partial charge < -0.3 is 4.43 Å². The number of allylic oxidation sites excluding steroid dienone is 2. The van der Waals surface area contributed by atoms with Crippen molar-refractivity contribution >= 4 is 30.9 Å². The Labute approximate surface area is 108 Å². The molecule has 0 saturated carbocycles. The molecule has 0 radical (unpaired) electrons. The summed E-state index contributed by atoms with van der Waals surface area (Å²) in [4.78, 5) is 0. The van der Waals surface area contributed by atoms with Crippen LogP contribution in [0.4, 0.5) is 0 Å². The topological polar surface area (TPSA) is 9.23 Å². The van der Waals surface area contributed by atoms with Gasteiger partial charge in [0.15, 0.2) is 0 Å². The molecule has 0 saturated heterocycles. The predicted molar refractivity (Wildman–Crippen MR) is 77.7 cm³/mol. The Morgan fingerprint density at radius 2 is 2.33 bits per heavy atom. The summed E-state index contributed by atoms with van der Waals surface area (Å²) in [6.45, 7) is 5.51. The molecule has 0 aromatic carbocycles. The lowest BCUT2D eigenvalue weighted by Crippen LogP contribution is -2.28. The number of rotatable bonds is 4. The molecule has 0 N–H and O–H groups in total. The minimum atomic E-state index is -1.43. The van der Waals surface area contributed by atoms with Crippen LogP contribution in [-0.2, 0) is 4.43 Å². The van der Waals surface area contributed by atoms with E-state index in [1.165, 1.54) is 25.7 Å². The van der Waals surface area contributed by atoms with Crippen molar-refractivity contribution in [2.75, 3.05) is 6.61 Å². The van der Waals surface area contributed by atoms with Crippen molar-refractivity contribution in [2.45, 2.75) is 38.8 Å². The summed E-state index contributed by atoms with van der Waals surface area (Å²) >= 11 is 2.28.